The molecular formula is C19H36N6. The standard InChI is InChI=1S/C19H36N6/c1-7-25-10-8-9-16(12-25)11-21-19(20-4)23(5)13-17-14-24(6)22-18(17)15(2)3/h14-16H,7-13H2,1-6H3,(H,20,21). The Labute approximate surface area is 153 Å². The van der Waals surface area contributed by atoms with Crippen LogP contribution in [0.25, 0.3) is 0 Å². The topological polar surface area (TPSA) is 48.7 Å². The van der Waals surface area contributed by atoms with Gasteiger partial charge in [-0.2, -0.15) is 5.10 Å². The number of rotatable bonds is 6. The first-order valence-electron chi connectivity index (χ1n) is 9.61. The summed E-state index contributed by atoms with van der Waals surface area (Å²) in [5.74, 6) is 2.11. The Kier molecular flexibility index (Phi) is 7.29. The van der Waals surface area contributed by atoms with Crippen LogP contribution in [0.4, 0.5) is 0 Å². The van der Waals surface area contributed by atoms with Crippen molar-refractivity contribution in [3.05, 3.63) is 17.5 Å². The molecule has 1 aromatic heterocycles. The second kappa shape index (κ2) is 9.22. The number of aromatic nitrogens is 2. The monoisotopic (exact) mass is 348 g/mol. The molecule has 0 aromatic carbocycles. The predicted octanol–water partition coefficient (Wildman–Crippen LogP) is 2.28. The van der Waals surface area contributed by atoms with Gasteiger partial charge in [0.25, 0.3) is 0 Å². The van der Waals surface area contributed by atoms with Crippen molar-refractivity contribution in [2.75, 3.05) is 40.3 Å². The van der Waals surface area contributed by atoms with E-state index in [4.69, 9.17) is 0 Å². The maximum Gasteiger partial charge on any atom is 0.193 e. The molecule has 0 bridgehead atoms. The maximum absolute atomic E-state index is 4.61. The lowest BCUT2D eigenvalue weighted by Crippen LogP contribution is -2.44. The second-order valence-corrected chi connectivity index (χ2v) is 7.55. The summed E-state index contributed by atoms with van der Waals surface area (Å²) in [5.41, 5.74) is 2.45. The summed E-state index contributed by atoms with van der Waals surface area (Å²) in [6.07, 6.45) is 4.74. The molecule has 0 spiro atoms. The van der Waals surface area contributed by atoms with Crippen molar-refractivity contribution in [2.24, 2.45) is 18.0 Å². The first-order chi connectivity index (χ1) is 11.9. The van der Waals surface area contributed by atoms with Crippen LogP contribution < -0.4 is 5.32 Å². The molecule has 6 nitrogen and oxygen atoms in total. The molecule has 0 saturated carbocycles. The summed E-state index contributed by atoms with van der Waals surface area (Å²) in [6, 6.07) is 0. The highest BCUT2D eigenvalue weighted by molar-refractivity contribution is 5.79. The van der Waals surface area contributed by atoms with E-state index in [2.05, 4.69) is 59.2 Å². The molecule has 1 unspecified atom stereocenters. The number of aliphatic imine (C=N–C) groups is 1. The molecule has 1 aromatic rings. The summed E-state index contributed by atoms with van der Waals surface area (Å²) in [6.45, 7) is 12.1. The quantitative estimate of drug-likeness (QED) is 0.633. The van der Waals surface area contributed by atoms with E-state index in [0.29, 0.717) is 11.8 Å². The number of hydrogen-bond acceptors (Lipinski definition) is 3. The Morgan fingerprint density at radius 2 is 2.24 bits per heavy atom. The average Bonchev–Trinajstić information content (AvgIpc) is 2.96. The van der Waals surface area contributed by atoms with Gasteiger partial charge >= 0.3 is 0 Å². The second-order valence-electron chi connectivity index (χ2n) is 7.55. The van der Waals surface area contributed by atoms with Crippen LogP contribution in [0.3, 0.4) is 0 Å². The van der Waals surface area contributed by atoms with Crippen molar-refractivity contribution in [1.82, 2.24) is 24.9 Å². The molecule has 0 radical (unpaired) electrons. The van der Waals surface area contributed by atoms with Crippen molar-refractivity contribution < 1.29 is 0 Å². The third kappa shape index (κ3) is 5.46. The molecule has 6 heteroatoms. The minimum absolute atomic E-state index is 0.432. The molecule has 2 rings (SSSR count). The Bertz CT molecular complexity index is 562. The van der Waals surface area contributed by atoms with Crippen LogP contribution in [0.5, 0.6) is 0 Å². The predicted molar refractivity (Wildman–Crippen MR) is 105 cm³/mol. The van der Waals surface area contributed by atoms with Gasteiger partial charge in [-0.1, -0.05) is 20.8 Å². The van der Waals surface area contributed by atoms with Gasteiger partial charge in [-0.3, -0.25) is 9.67 Å². The Morgan fingerprint density at radius 3 is 2.88 bits per heavy atom. The third-order valence-corrected chi connectivity index (χ3v) is 5.06. The van der Waals surface area contributed by atoms with E-state index in [1.165, 1.54) is 37.2 Å². The van der Waals surface area contributed by atoms with Gasteiger partial charge in [-0.15, -0.1) is 0 Å². The fourth-order valence-electron chi connectivity index (χ4n) is 3.72. The Balaban J connectivity index is 1.92. The summed E-state index contributed by atoms with van der Waals surface area (Å²) in [4.78, 5) is 9.23. The summed E-state index contributed by atoms with van der Waals surface area (Å²) >= 11 is 0. The maximum atomic E-state index is 4.61. The first-order valence-corrected chi connectivity index (χ1v) is 9.61. The van der Waals surface area contributed by atoms with E-state index >= 15 is 0 Å². The molecule has 0 aliphatic carbocycles. The van der Waals surface area contributed by atoms with Crippen molar-refractivity contribution in [3.63, 3.8) is 0 Å². The average molecular weight is 349 g/mol. The van der Waals surface area contributed by atoms with Crippen molar-refractivity contribution >= 4 is 5.96 Å². The number of hydrogen-bond donors (Lipinski definition) is 1. The van der Waals surface area contributed by atoms with Gasteiger partial charge < -0.3 is 15.1 Å². The molecule has 2 heterocycles. The van der Waals surface area contributed by atoms with Crippen LogP contribution in [0, 0.1) is 5.92 Å². The fraction of sp³-hybridized carbons (Fsp3) is 0.789. The highest BCUT2D eigenvalue weighted by Gasteiger charge is 2.20. The number of aryl methyl sites for hydroxylation is 1. The minimum atomic E-state index is 0.432. The number of piperidine rings is 1. The smallest absolute Gasteiger partial charge is 0.193 e. The zero-order valence-corrected chi connectivity index (χ0v) is 16.9. The minimum Gasteiger partial charge on any atom is -0.356 e. The van der Waals surface area contributed by atoms with Gasteiger partial charge in [-0.25, -0.2) is 0 Å². The highest BCUT2D eigenvalue weighted by atomic mass is 15.3. The van der Waals surface area contributed by atoms with Crippen LogP contribution in [0.1, 0.15) is 50.8 Å². The third-order valence-electron chi connectivity index (χ3n) is 5.06. The SMILES string of the molecule is CCN1CCCC(CNC(=NC)N(C)Cc2cn(C)nc2C(C)C)C1. The lowest BCUT2D eigenvalue weighted by molar-refractivity contribution is 0.183. The van der Waals surface area contributed by atoms with Crippen LogP contribution >= 0.6 is 0 Å². The fourth-order valence-corrected chi connectivity index (χ4v) is 3.72. The molecule has 1 saturated heterocycles. The molecule has 1 atom stereocenters. The van der Waals surface area contributed by atoms with E-state index in [-0.39, 0.29) is 0 Å². The van der Waals surface area contributed by atoms with E-state index in [9.17, 15) is 0 Å². The van der Waals surface area contributed by atoms with Gasteiger partial charge in [0, 0.05) is 52.5 Å². The molecule has 142 valence electrons. The van der Waals surface area contributed by atoms with Crippen LogP contribution in [-0.2, 0) is 13.6 Å². The van der Waals surface area contributed by atoms with Gasteiger partial charge in [-0.05, 0) is 37.8 Å². The van der Waals surface area contributed by atoms with E-state index < -0.39 is 0 Å². The van der Waals surface area contributed by atoms with Gasteiger partial charge in [0.05, 0.1) is 5.69 Å². The number of guanidine groups is 1. The first kappa shape index (κ1) is 19.8. The molecule has 0 amide bonds. The van der Waals surface area contributed by atoms with Crippen LogP contribution in [0.15, 0.2) is 11.2 Å². The molecule has 1 aliphatic heterocycles. The van der Waals surface area contributed by atoms with Crippen LogP contribution in [-0.4, -0.2) is 65.8 Å². The number of nitrogens with one attached hydrogen (secondary N) is 1. The largest absolute Gasteiger partial charge is 0.356 e. The Morgan fingerprint density at radius 1 is 1.48 bits per heavy atom. The molecule has 1 N–H and O–H groups in total. The van der Waals surface area contributed by atoms with E-state index in [1.54, 1.807) is 0 Å². The molecule has 1 aliphatic rings. The summed E-state index contributed by atoms with van der Waals surface area (Å²) in [7, 11) is 5.96. The van der Waals surface area contributed by atoms with Crippen molar-refractivity contribution in [3.8, 4) is 0 Å². The van der Waals surface area contributed by atoms with Gasteiger partial charge in [0.2, 0.25) is 0 Å². The summed E-state index contributed by atoms with van der Waals surface area (Å²) < 4.78 is 1.91. The highest BCUT2D eigenvalue weighted by Crippen LogP contribution is 2.19. The van der Waals surface area contributed by atoms with Crippen molar-refractivity contribution in [1.29, 1.82) is 0 Å². The zero-order valence-electron chi connectivity index (χ0n) is 16.9. The number of nitrogens with zero attached hydrogens (tertiary/aromatic N) is 5. The lowest BCUT2D eigenvalue weighted by Gasteiger charge is -2.33. The normalized spacial score (nSPS) is 19.5. The molecule has 25 heavy (non-hydrogen) atoms. The molecule has 1 fully saturated rings. The van der Waals surface area contributed by atoms with Gasteiger partial charge in [0.15, 0.2) is 5.96 Å². The van der Waals surface area contributed by atoms with Crippen molar-refractivity contribution in [2.45, 2.75) is 46.1 Å². The lowest BCUT2D eigenvalue weighted by atomic mass is 9.98. The van der Waals surface area contributed by atoms with Crippen LogP contribution in [0.2, 0.25) is 0 Å². The summed E-state index contributed by atoms with van der Waals surface area (Å²) in [5, 5.41) is 8.19. The molecular weight excluding hydrogens is 312 g/mol. The van der Waals surface area contributed by atoms with E-state index in [1.807, 2.05) is 18.8 Å². The zero-order chi connectivity index (χ0) is 18.4. The Hall–Kier alpha value is -1.56. The van der Waals surface area contributed by atoms with Gasteiger partial charge in [0.1, 0.15) is 0 Å². The number of likely N-dealkylation sites (tertiary alicyclic amines) is 1. The van der Waals surface area contributed by atoms with E-state index in [0.717, 1.165) is 25.6 Å².